The highest BCUT2D eigenvalue weighted by Gasteiger charge is 2.30. The molecule has 1 aromatic heterocycles. The molecule has 33 heavy (non-hydrogen) atoms. The first kappa shape index (κ1) is 23.5. The lowest BCUT2D eigenvalue weighted by Gasteiger charge is -2.31. The van der Waals surface area contributed by atoms with Crippen LogP contribution in [0.4, 0.5) is 5.69 Å². The molecule has 3 aromatic rings. The average molecular weight is 492 g/mol. The van der Waals surface area contributed by atoms with Crippen molar-refractivity contribution < 1.29 is 17.6 Å². The van der Waals surface area contributed by atoms with Gasteiger partial charge in [0, 0.05) is 42.8 Å². The van der Waals surface area contributed by atoms with E-state index in [4.69, 9.17) is 16.0 Å². The Morgan fingerprint density at radius 1 is 1.18 bits per heavy atom. The van der Waals surface area contributed by atoms with Gasteiger partial charge in [-0.2, -0.15) is 4.31 Å². The molecule has 0 spiro atoms. The number of aromatic nitrogens is 1. The fourth-order valence-corrected chi connectivity index (χ4v) is 5.82. The molecule has 0 aliphatic carbocycles. The standard InChI is InChI=1S/C23H26ClN3O5S/c1-3-27-20-7-6-18(14-21(20)32-23(27)29)33(30,31)26-10-8-16(9-11-26)12-22(28)25-17-5-4-15(2)19(24)13-17/h4-7,13-14,16H,3,8-12H2,1-2H3,(H,25,28). The number of carbonyl (C=O) groups is 1. The summed E-state index contributed by atoms with van der Waals surface area (Å²) in [5, 5.41) is 3.45. The van der Waals surface area contributed by atoms with Gasteiger partial charge in [-0.25, -0.2) is 13.2 Å². The van der Waals surface area contributed by atoms with Crippen molar-refractivity contribution >= 4 is 44.3 Å². The number of anilines is 1. The molecule has 1 N–H and O–H groups in total. The van der Waals surface area contributed by atoms with E-state index in [9.17, 15) is 18.0 Å². The second kappa shape index (κ2) is 9.32. The predicted molar refractivity (Wildman–Crippen MR) is 127 cm³/mol. The number of aryl methyl sites for hydroxylation is 2. The molecule has 0 saturated carbocycles. The third-order valence-corrected chi connectivity index (χ3v) is 8.40. The molecule has 1 saturated heterocycles. The first-order valence-electron chi connectivity index (χ1n) is 10.9. The van der Waals surface area contributed by atoms with E-state index in [0.29, 0.717) is 55.1 Å². The number of benzene rings is 2. The van der Waals surface area contributed by atoms with Crippen molar-refractivity contribution in [1.29, 1.82) is 0 Å². The van der Waals surface area contributed by atoms with Gasteiger partial charge in [0.1, 0.15) is 0 Å². The fourth-order valence-electron chi connectivity index (χ4n) is 4.15. The Labute approximate surface area is 197 Å². The van der Waals surface area contributed by atoms with Gasteiger partial charge < -0.3 is 9.73 Å². The molecule has 2 aromatic carbocycles. The molecule has 4 rings (SSSR count). The van der Waals surface area contributed by atoms with E-state index in [0.717, 1.165) is 5.56 Å². The minimum Gasteiger partial charge on any atom is -0.408 e. The monoisotopic (exact) mass is 491 g/mol. The van der Waals surface area contributed by atoms with E-state index >= 15 is 0 Å². The molecule has 1 aliphatic heterocycles. The molecular weight excluding hydrogens is 466 g/mol. The van der Waals surface area contributed by atoms with Gasteiger partial charge in [-0.05, 0) is 62.4 Å². The topological polar surface area (TPSA) is 102 Å². The molecule has 0 radical (unpaired) electrons. The lowest BCUT2D eigenvalue weighted by molar-refractivity contribution is -0.117. The Hall–Kier alpha value is -2.62. The van der Waals surface area contributed by atoms with Crippen molar-refractivity contribution in [3.63, 3.8) is 0 Å². The van der Waals surface area contributed by atoms with E-state index < -0.39 is 15.8 Å². The zero-order valence-corrected chi connectivity index (χ0v) is 20.1. The highest BCUT2D eigenvalue weighted by molar-refractivity contribution is 7.89. The molecule has 1 fully saturated rings. The molecular formula is C23H26ClN3O5S. The van der Waals surface area contributed by atoms with Crippen molar-refractivity contribution in [2.24, 2.45) is 5.92 Å². The normalized spacial score (nSPS) is 15.7. The number of carbonyl (C=O) groups excluding carboxylic acids is 1. The minimum atomic E-state index is -3.73. The summed E-state index contributed by atoms with van der Waals surface area (Å²) < 4.78 is 34.3. The first-order chi connectivity index (χ1) is 15.7. The maximum absolute atomic E-state index is 13.1. The van der Waals surface area contributed by atoms with Gasteiger partial charge in [0.15, 0.2) is 5.58 Å². The summed E-state index contributed by atoms with van der Waals surface area (Å²) in [5.74, 6) is -0.525. The zero-order valence-electron chi connectivity index (χ0n) is 18.5. The SMILES string of the molecule is CCn1c(=O)oc2cc(S(=O)(=O)N3CCC(CC(=O)Nc4ccc(C)c(Cl)c4)CC3)ccc21. The lowest BCUT2D eigenvalue weighted by atomic mass is 9.94. The third kappa shape index (κ3) is 4.85. The number of sulfonamides is 1. The van der Waals surface area contributed by atoms with Crippen LogP contribution in [0.3, 0.4) is 0 Å². The van der Waals surface area contributed by atoms with Gasteiger partial charge in [0.05, 0.1) is 10.4 Å². The van der Waals surface area contributed by atoms with Crippen LogP contribution in [0.5, 0.6) is 0 Å². The molecule has 0 unspecified atom stereocenters. The molecule has 1 amide bonds. The van der Waals surface area contributed by atoms with Crippen molar-refractivity contribution in [3.8, 4) is 0 Å². The van der Waals surface area contributed by atoms with Crippen molar-refractivity contribution in [3.05, 3.63) is 57.5 Å². The molecule has 1 aliphatic rings. The second-order valence-corrected chi connectivity index (χ2v) is 10.7. The summed E-state index contributed by atoms with van der Waals surface area (Å²) in [6.07, 6.45) is 1.50. The Morgan fingerprint density at radius 3 is 2.58 bits per heavy atom. The highest BCUT2D eigenvalue weighted by atomic mass is 35.5. The summed E-state index contributed by atoms with van der Waals surface area (Å²) in [5.41, 5.74) is 2.41. The largest absolute Gasteiger partial charge is 0.419 e. The molecule has 0 bridgehead atoms. The summed E-state index contributed by atoms with van der Waals surface area (Å²) >= 11 is 6.11. The number of piperidine rings is 1. The number of amides is 1. The number of fused-ring (bicyclic) bond motifs is 1. The first-order valence-corrected chi connectivity index (χ1v) is 12.7. The maximum Gasteiger partial charge on any atom is 0.419 e. The zero-order chi connectivity index (χ0) is 23.8. The van der Waals surface area contributed by atoms with Gasteiger partial charge in [0.25, 0.3) is 0 Å². The van der Waals surface area contributed by atoms with Crippen LogP contribution >= 0.6 is 11.6 Å². The van der Waals surface area contributed by atoms with E-state index in [-0.39, 0.29) is 22.3 Å². The number of hydrogen-bond donors (Lipinski definition) is 1. The summed E-state index contributed by atoms with van der Waals surface area (Å²) in [6, 6.07) is 9.89. The summed E-state index contributed by atoms with van der Waals surface area (Å²) in [4.78, 5) is 24.4. The Morgan fingerprint density at radius 2 is 1.91 bits per heavy atom. The average Bonchev–Trinajstić information content (AvgIpc) is 3.10. The van der Waals surface area contributed by atoms with Crippen LogP contribution in [0.15, 0.2) is 50.5 Å². The van der Waals surface area contributed by atoms with Crippen molar-refractivity contribution in [2.45, 2.75) is 44.6 Å². The Kier molecular flexibility index (Phi) is 6.65. The van der Waals surface area contributed by atoms with E-state index in [1.54, 1.807) is 12.1 Å². The number of nitrogens with zero attached hydrogens (tertiary/aromatic N) is 2. The Bertz CT molecular complexity index is 1350. The predicted octanol–water partition coefficient (Wildman–Crippen LogP) is 4.01. The van der Waals surface area contributed by atoms with Crippen molar-refractivity contribution in [1.82, 2.24) is 8.87 Å². The van der Waals surface area contributed by atoms with Crippen LogP contribution in [0.2, 0.25) is 5.02 Å². The van der Waals surface area contributed by atoms with Gasteiger partial charge in [-0.15, -0.1) is 0 Å². The summed E-state index contributed by atoms with van der Waals surface area (Å²) in [7, 11) is -3.73. The molecule has 2 heterocycles. The van der Waals surface area contributed by atoms with Gasteiger partial charge in [-0.1, -0.05) is 17.7 Å². The van der Waals surface area contributed by atoms with Crippen LogP contribution in [0.25, 0.3) is 11.1 Å². The number of rotatable bonds is 6. The van der Waals surface area contributed by atoms with Crippen LogP contribution in [0.1, 0.15) is 31.7 Å². The highest BCUT2D eigenvalue weighted by Crippen LogP contribution is 2.28. The van der Waals surface area contributed by atoms with Crippen LogP contribution in [-0.4, -0.2) is 36.3 Å². The fraction of sp³-hybridized carbons (Fsp3) is 0.391. The van der Waals surface area contributed by atoms with Gasteiger partial charge >= 0.3 is 5.76 Å². The van der Waals surface area contributed by atoms with Gasteiger partial charge in [-0.3, -0.25) is 9.36 Å². The van der Waals surface area contributed by atoms with Crippen LogP contribution < -0.4 is 11.1 Å². The van der Waals surface area contributed by atoms with Crippen molar-refractivity contribution in [2.75, 3.05) is 18.4 Å². The second-order valence-electron chi connectivity index (χ2n) is 8.31. The quantitative estimate of drug-likeness (QED) is 0.561. The number of nitrogens with one attached hydrogen (secondary N) is 1. The van der Waals surface area contributed by atoms with E-state index in [2.05, 4.69) is 5.32 Å². The molecule has 8 nitrogen and oxygen atoms in total. The minimum absolute atomic E-state index is 0.0939. The van der Waals surface area contributed by atoms with E-state index in [1.807, 2.05) is 26.0 Å². The summed E-state index contributed by atoms with van der Waals surface area (Å²) in [6.45, 7) is 4.81. The smallest absolute Gasteiger partial charge is 0.408 e. The number of hydrogen-bond acceptors (Lipinski definition) is 5. The molecule has 176 valence electrons. The number of oxazole rings is 1. The molecule has 10 heteroatoms. The van der Waals surface area contributed by atoms with E-state index in [1.165, 1.54) is 21.0 Å². The van der Waals surface area contributed by atoms with Crippen LogP contribution in [-0.2, 0) is 21.4 Å². The third-order valence-electron chi connectivity index (χ3n) is 6.10. The van der Waals surface area contributed by atoms with Crippen LogP contribution in [0, 0.1) is 12.8 Å². The Balaban J connectivity index is 1.38. The number of halogens is 1. The molecule has 0 atom stereocenters. The maximum atomic E-state index is 13.1. The van der Waals surface area contributed by atoms with Gasteiger partial charge in [0.2, 0.25) is 15.9 Å². The lowest BCUT2D eigenvalue weighted by Crippen LogP contribution is -2.39.